The topological polar surface area (TPSA) is 15.3 Å². The zero-order valence-corrected chi connectivity index (χ0v) is 16.9. The van der Waals surface area contributed by atoms with Gasteiger partial charge in [0, 0.05) is 37.8 Å². The quantitative estimate of drug-likeness (QED) is 0.582. The lowest BCUT2D eigenvalue weighted by atomic mass is 9.86. The van der Waals surface area contributed by atoms with Crippen LogP contribution in [0.3, 0.4) is 0 Å². The number of alkyl halides is 6. The summed E-state index contributed by atoms with van der Waals surface area (Å²) in [6.07, 6.45) is -9.68. The average molecular weight is 459 g/mol. The standard InChI is InChI=1S/C17H21F7N2.2ClH/c1-3-10(2)15(26-6-4-25-5-7-26)14-12(17(22,23)24)8-11(9-13(14)18)16(19,20)21;;/h8-10,15,25H,3-7H2,1-2H3;2*1H/t10?,15-;;/m1../s1. The fraction of sp³-hybridized carbons (Fsp3) is 0.647. The molecule has 0 aromatic heterocycles. The molecule has 0 radical (unpaired) electrons. The monoisotopic (exact) mass is 458 g/mol. The Morgan fingerprint density at radius 1 is 1.00 bits per heavy atom. The molecule has 0 bridgehead atoms. The zero-order valence-electron chi connectivity index (χ0n) is 15.3. The molecule has 0 aliphatic carbocycles. The highest BCUT2D eigenvalue weighted by Gasteiger charge is 2.43. The Morgan fingerprint density at radius 2 is 1.54 bits per heavy atom. The maximum atomic E-state index is 14.6. The third-order valence-electron chi connectivity index (χ3n) is 4.79. The lowest BCUT2D eigenvalue weighted by Gasteiger charge is -2.39. The molecule has 28 heavy (non-hydrogen) atoms. The SMILES string of the molecule is CCC(C)[C@H](c1c(F)cc(C(F)(F)F)cc1C(F)(F)F)N1CCNCC1.Cl.Cl. The smallest absolute Gasteiger partial charge is 0.314 e. The van der Waals surface area contributed by atoms with Crippen LogP contribution in [0.25, 0.3) is 0 Å². The van der Waals surface area contributed by atoms with Gasteiger partial charge in [0.05, 0.1) is 11.1 Å². The van der Waals surface area contributed by atoms with Gasteiger partial charge in [0.2, 0.25) is 0 Å². The first-order valence-electron chi connectivity index (χ1n) is 8.39. The van der Waals surface area contributed by atoms with E-state index in [2.05, 4.69) is 5.32 Å². The van der Waals surface area contributed by atoms with Crippen molar-refractivity contribution in [3.63, 3.8) is 0 Å². The molecule has 1 fully saturated rings. The number of nitrogens with one attached hydrogen (secondary N) is 1. The predicted octanol–water partition coefficient (Wildman–Crippen LogP) is 5.70. The number of hydrogen-bond acceptors (Lipinski definition) is 2. The molecule has 0 spiro atoms. The Bertz CT molecular complexity index is 629. The van der Waals surface area contributed by atoms with Crippen molar-refractivity contribution in [2.75, 3.05) is 26.2 Å². The van der Waals surface area contributed by atoms with Crippen molar-refractivity contribution >= 4 is 24.8 Å². The summed E-state index contributed by atoms with van der Waals surface area (Å²) < 4.78 is 93.9. The largest absolute Gasteiger partial charge is 0.416 e. The summed E-state index contributed by atoms with van der Waals surface area (Å²) in [4.78, 5) is 1.71. The van der Waals surface area contributed by atoms with Crippen molar-refractivity contribution in [3.05, 3.63) is 34.6 Å². The average Bonchev–Trinajstić information content (AvgIpc) is 2.55. The third-order valence-corrected chi connectivity index (χ3v) is 4.79. The summed E-state index contributed by atoms with van der Waals surface area (Å²) in [6, 6.07) is -0.751. The molecule has 1 aromatic carbocycles. The van der Waals surface area contributed by atoms with Crippen molar-refractivity contribution in [1.29, 1.82) is 0 Å². The summed E-state index contributed by atoms with van der Waals surface area (Å²) in [5.74, 6) is -1.82. The second-order valence-corrected chi connectivity index (χ2v) is 6.53. The Hall–Kier alpha value is -0.770. The van der Waals surface area contributed by atoms with Gasteiger partial charge >= 0.3 is 12.4 Å². The molecule has 1 aliphatic heterocycles. The number of nitrogens with zero attached hydrogens (tertiary/aromatic N) is 1. The maximum Gasteiger partial charge on any atom is 0.416 e. The molecule has 2 nitrogen and oxygen atoms in total. The molecular formula is C17H23Cl2F7N2. The van der Waals surface area contributed by atoms with E-state index in [1.54, 1.807) is 18.7 Å². The van der Waals surface area contributed by atoms with Crippen LogP contribution < -0.4 is 5.32 Å². The summed E-state index contributed by atoms with van der Waals surface area (Å²) in [5.41, 5.74) is -3.87. The molecule has 1 N–H and O–H groups in total. The van der Waals surface area contributed by atoms with E-state index in [-0.39, 0.29) is 42.9 Å². The van der Waals surface area contributed by atoms with E-state index in [1.807, 2.05) is 0 Å². The van der Waals surface area contributed by atoms with Crippen molar-refractivity contribution in [2.24, 2.45) is 5.92 Å². The lowest BCUT2D eigenvalue weighted by molar-refractivity contribution is -0.144. The van der Waals surface area contributed by atoms with Crippen LogP contribution in [0.4, 0.5) is 30.7 Å². The van der Waals surface area contributed by atoms with Crippen molar-refractivity contribution < 1.29 is 30.7 Å². The fourth-order valence-electron chi connectivity index (χ4n) is 3.33. The van der Waals surface area contributed by atoms with Crippen LogP contribution in [-0.2, 0) is 12.4 Å². The van der Waals surface area contributed by atoms with E-state index >= 15 is 0 Å². The number of piperazine rings is 1. The highest BCUT2D eigenvalue weighted by Crippen LogP contribution is 2.44. The fourth-order valence-corrected chi connectivity index (χ4v) is 3.33. The third kappa shape index (κ3) is 6.11. The highest BCUT2D eigenvalue weighted by molar-refractivity contribution is 5.85. The molecule has 1 saturated heterocycles. The first-order valence-corrected chi connectivity index (χ1v) is 8.39. The molecule has 164 valence electrons. The van der Waals surface area contributed by atoms with Gasteiger partial charge in [-0.1, -0.05) is 20.3 Å². The van der Waals surface area contributed by atoms with Crippen molar-refractivity contribution in [2.45, 2.75) is 38.7 Å². The van der Waals surface area contributed by atoms with Gasteiger partial charge in [0.1, 0.15) is 5.82 Å². The van der Waals surface area contributed by atoms with Crippen LogP contribution in [0.15, 0.2) is 12.1 Å². The van der Waals surface area contributed by atoms with Gasteiger partial charge in [-0.25, -0.2) is 4.39 Å². The van der Waals surface area contributed by atoms with Crippen molar-refractivity contribution in [3.8, 4) is 0 Å². The molecule has 1 unspecified atom stereocenters. The van der Waals surface area contributed by atoms with Gasteiger partial charge in [-0.15, -0.1) is 24.8 Å². The first kappa shape index (κ1) is 27.2. The molecule has 2 rings (SSSR count). The molecule has 1 heterocycles. The summed E-state index contributed by atoms with van der Waals surface area (Å²) in [6.45, 7) is 5.28. The van der Waals surface area contributed by atoms with Crippen LogP contribution in [0.1, 0.15) is 43.0 Å². The number of rotatable bonds is 4. The lowest BCUT2D eigenvalue weighted by Crippen LogP contribution is -2.47. The number of halogens is 9. The number of hydrogen-bond donors (Lipinski definition) is 1. The van der Waals surface area contributed by atoms with E-state index in [4.69, 9.17) is 0 Å². The van der Waals surface area contributed by atoms with E-state index in [1.165, 1.54) is 0 Å². The Morgan fingerprint density at radius 3 is 1.96 bits per heavy atom. The summed E-state index contributed by atoms with van der Waals surface area (Å²) in [5, 5.41) is 3.06. The minimum Gasteiger partial charge on any atom is -0.314 e. The Labute approximate surface area is 171 Å². The summed E-state index contributed by atoms with van der Waals surface area (Å²) in [7, 11) is 0. The normalized spacial score (nSPS) is 18.0. The highest BCUT2D eigenvalue weighted by atomic mass is 35.5. The first-order chi connectivity index (χ1) is 12.0. The molecule has 2 atom stereocenters. The Balaban J connectivity index is 0.00000364. The zero-order chi connectivity index (χ0) is 19.7. The maximum absolute atomic E-state index is 14.6. The van der Waals surface area contributed by atoms with Crippen molar-refractivity contribution in [1.82, 2.24) is 10.2 Å². The van der Waals surface area contributed by atoms with Crippen LogP contribution in [0.2, 0.25) is 0 Å². The van der Waals surface area contributed by atoms with Crippen LogP contribution in [0.5, 0.6) is 0 Å². The van der Waals surface area contributed by atoms with Gasteiger partial charge in [-0.2, -0.15) is 26.3 Å². The molecule has 11 heteroatoms. The molecule has 1 aliphatic rings. The number of benzene rings is 1. The minimum atomic E-state index is -5.09. The van der Waals surface area contributed by atoms with Gasteiger partial charge in [0.15, 0.2) is 0 Å². The molecule has 1 aromatic rings. The van der Waals surface area contributed by atoms with Crippen LogP contribution in [-0.4, -0.2) is 31.1 Å². The second kappa shape index (κ2) is 10.3. The molecular weight excluding hydrogens is 436 g/mol. The van der Waals surface area contributed by atoms with E-state index in [0.717, 1.165) is 0 Å². The predicted molar refractivity (Wildman–Crippen MR) is 97.5 cm³/mol. The van der Waals surface area contributed by atoms with Crippen LogP contribution >= 0.6 is 24.8 Å². The van der Waals surface area contributed by atoms with Gasteiger partial charge in [-0.05, 0) is 18.1 Å². The van der Waals surface area contributed by atoms with Gasteiger partial charge in [-0.3, -0.25) is 4.90 Å². The molecule has 0 saturated carbocycles. The Kier molecular flexibility index (Phi) is 10.0. The van der Waals surface area contributed by atoms with Crippen LogP contribution in [0, 0.1) is 11.7 Å². The van der Waals surface area contributed by atoms with E-state index < -0.39 is 40.9 Å². The second-order valence-electron chi connectivity index (χ2n) is 6.53. The summed E-state index contributed by atoms with van der Waals surface area (Å²) >= 11 is 0. The van der Waals surface area contributed by atoms with Gasteiger partial charge < -0.3 is 5.32 Å². The minimum absolute atomic E-state index is 0. The van der Waals surface area contributed by atoms with E-state index in [9.17, 15) is 30.7 Å². The van der Waals surface area contributed by atoms with E-state index in [0.29, 0.717) is 32.6 Å². The van der Waals surface area contributed by atoms with Gasteiger partial charge in [0.25, 0.3) is 0 Å². The molecule has 0 amide bonds.